The van der Waals surface area contributed by atoms with Crippen LogP contribution >= 0.6 is 0 Å². The number of hydrogen-bond donors (Lipinski definition) is 1. The Morgan fingerprint density at radius 1 is 1.03 bits per heavy atom. The molecule has 2 aromatic heterocycles. The number of rotatable bonds is 3. The van der Waals surface area contributed by atoms with Crippen molar-refractivity contribution in [3.8, 4) is 11.3 Å². The number of benzene rings is 1. The molecule has 0 saturated carbocycles. The topological polar surface area (TPSA) is 101 Å². The number of pyridine rings is 1. The Hall–Kier alpha value is -3.67. The summed E-state index contributed by atoms with van der Waals surface area (Å²) in [5.74, 6) is -2.28. The summed E-state index contributed by atoms with van der Waals surface area (Å²) in [5.41, 5.74) is 1.91. The van der Waals surface area contributed by atoms with E-state index in [1.807, 2.05) is 12.3 Å². The second-order valence-corrected chi connectivity index (χ2v) is 8.81. The predicted molar refractivity (Wildman–Crippen MR) is 120 cm³/mol. The van der Waals surface area contributed by atoms with Crippen molar-refractivity contribution in [3.63, 3.8) is 0 Å². The average molecular weight is 505 g/mol. The molecule has 0 amide bonds. The zero-order valence-electron chi connectivity index (χ0n) is 19.1. The zero-order valence-corrected chi connectivity index (χ0v) is 19.1. The van der Waals surface area contributed by atoms with Gasteiger partial charge in [-0.3, -0.25) is 19.2 Å². The summed E-state index contributed by atoms with van der Waals surface area (Å²) in [7, 11) is 0. The molecule has 1 N–H and O–H groups in total. The normalized spacial score (nSPS) is 16.8. The maximum atomic E-state index is 13.2. The Bertz CT molecular complexity index is 1270. The molecular weight excluding hydrogens is 482 g/mol. The summed E-state index contributed by atoms with van der Waals surface area (Å²) < 4.78 is 46.7. The standard InChI is InChI=1S/C22H22FN5O.C2HF3O2/c23-18-5-3-17(4-6-18)19-20(29)28-13-9-22(21(28)26-25-19)7-11-27(12-8-22)15-16-2-1-10-24-14-16;3-2(4,5)1(6)7/h1-6,10,14H,7-9,11-13,15H2;(H,6,7). The molecule has 12 heteroatoms. The van der Waals surface area contributed by atoms with Crippen molar-refractivity contribution in [3.05, 3.63) is 76.4 Å². The highest BCUT2D eigenvalue weighted by atomic mass is 19.4. The van der Waals surface area contributed by atoms with Crippen LogP contribution < -0.4 is 5.56 Å². The molecule has 0 bridgehead atoms. The summed E-state index contributed by atoms with van der Waals surface area (Å²) >= 11 is 0. The maximum Gasteiger partial charge on any atom is 0.490 e. The fourth-order valence-electron chi connectivity index (χ4n) is 4.61. The fraction of sp³-hybridized carbons (Fsp3) is 0.375. The number of halogens is 4. The van der Waals surface area contributed by atoms with Crippen LogP contribution in [0.25, 0.3) is 11.3 Å². The molecule has 0 unspecified atom stereocenters. The van der Waals surface area contributed by atoms with Gasteiger partial charge in [-0.1, -0.05) is 6.07 Å². The van der Waals surface area contributed by atoms with Gasteiger partial charge in [0.05, 0.1) is 0 Å². The molecule has 36 heavy (non-hydrogen) atoms. The molecule has 8 nitrogen and oxygen atoms in total. The lowest BCUT2D eigenvalue weighted by molar-refractivity contribution is -0.192. The van der Waals surface area contributed by atoms with Gasteiger partial charge in [0.15, 0.2) is 5.69 Å². The van der Waals surface area contributed by atoms with E-state index in [4.69, 9.17) is 9.90 Å². The summed E-state index contributed by atoms with van der Waals surface area (Å²) in [6, 6.07) is 9.91. The van der Waals surface area contributed by atoms with E-state index in [1.54, 1.807) is 22.9 Å². The number of carboxylic acids is 1. The lowest BCUT2D eigenvalue weighted by atomic mass is 9.76. The number of piperidine rings is 1. The lowest BCUT2D eigenvalue weighted by Crippen LogP contribution is -2.42. The minimum absolute atomic E-state index is 0.0705. The molecule has 1 saturated heterocycles. The first-order chi connectivity index (χ1) is 17.1. The average Bonchev–Trinajstić information content (AvgIpc) is 3.21. The minimum Gasteiger partial charge on any atom is -0.475 e. The molecule has 1 aromatic carbocycles. The molecule has 0 atom stereocenters. The molecule has 4 heterocycles. The minimum atomic E-state index is -5.08. The Kier molecular flexibility index (Phi) is 7.16. The van der Waals surface area contributed by atoms with Crippen molar-refractivity contribution in [1.29, 1.82) is 0 Å². The van der Waals surface area contributed by atoms with Crippen LogP contribution in [0.4, 0.5) is 17.6 Å². The summed E-state index contributed by atoms with van der Waals surface area (Å²) in [5, 5.41) is 15.9. The number of fused-ring (bicyclic) bond motifs is 2. The van der Waals surface area contributed by atoms with E-state index >= 15 is 0 Å². The number of carbonyl (C=O) groups is 1. The van der Waals surface area contributed by atoms with E-state index in [9.17, 15) is 22.4 Å². The molecule has 2 aliphatic heterocycles. The first-order valence-corrected chi connectivity index (χ1v) is 11.2. The highest BCUT2D eigenvalue weighted by molar-refractivity contribution is 5.73. The quantitative estimate of drug-likeness (QED) is 0.545. The molecule has 2 aliphatic rings. The van der Waals surface area contributed by atoms with Gasteiger partial charge in [-0.25, -0.2) is 9.18 Å². The van der Waals surface area contributed by atoms with Crippen LogP contribution in [0.15, 0.2) is 53.6 Å². The number of hydrogen-bond acceptors (Lipinski definition) is 6. The van der Waals surface area contributed by atoms with Crippen LogP contribution in [0.2, 0.25) is 0 Å². The third kappa shape index (κ3) is 5.43. The fourth-order valence-corrected chi connectivity index (χ4v) is 4.61. The van der Waals surface area contributed by atoms with Gasteiger partial charge < -0.3 is 5.11 Å². The van der Waals surface area contributed by atoms with Crippen molar-refractivity contribution in [1.82, 2.24) is 24.6 Å². The predicted octanol–water partition coefficient (Wildman–Crippen LogP) is 3.41. The Morgan fingerprint density at radius 2 is 1.67 bits per heavy atom. The van der Waals surface area contributed by atoms with E-state index in [-0.39, 0.29) is 16.8 Å². The van der Waals surface area contributed by atoms with Gasteiger partial charge in [-0.15, -0.1) is 10.2 Å². The first kappa shape index (κ1) is 25.4. The summed E-state index contributed by atoms with van der Waals surface area (Å²) in [6.07, 6.45) is 1.48. The van der Waals surface area contributed by atoms with Gasteiger partial charge >= 0.3 is 12.1 Å². The first-order valence-electron chi connectivity index (χ1n) is 11.2. The number of aliphatic carboxylic acids is 1. The summed E-state index contributed by atoms with van der Waals surface area (Å²) in [6.45, 7) is 3.49. The van der Waals surface area contributed by atoms with Crippen LogP contribution in [-0.4, -0.2) is 55.0 Å². The van der Waals surface area contributed by atoms with E-state index in [0.29, 0.717) is 17.8 Å². The van der Waals surface area contributed by atoms with Gasteiger partial charge in [0.2, 0.25) is 0 Å². The molecule has 5 rings (SSSR count). The number of aromatic nitrogens is 4. The van der Waals surface area contributed by atoms with Crippen molar-refractivity contribution >= 4 is 5.97 Å². The third-order valence-corrected chi connectivity index (χ3v) is 6.54. The van der Waals surface area contributed by atoms with Crippen LogP contribution in [-0.2, 0) is 23.3 Å². The Labute approximate surface area is 203 Å². The second-order valence-electron chi connectivity index (χ2n) is 8.81. The Morgan fingerprint density at radius 3 is 2.25 bits per heavy atom. The van der Waals surface area contributed by atoms with Gasteiger partial charge in [-0.2, -0.15) is 13.2 Å². The van der Waals surface area contributed by atoms with Gasteiger partial charge in [0.1, 0.15) is 11.6 Å². The smallest absolute Gasteiger partial charge is 0.475 e. The van der Waals surface area contributed by atoms with Crippen molar-refractivity contribution < 1.29 is 27.5 Å². The number of nitrogens with zero attached hydrogens (tertiary/aromatic N) is 5. The third-order valence-electron chi connectivity index (χ3n) is 6.54. The van der Waals surface area contributed by atoms with E-state index in [1.165, 1.54) is 17.7 Å². The Balaban J connectivity index is 0.000000384. The van der Waals surface area contributed by atoms with Crippen molar-refractivity contribution in [2.45, 2.75) is 43.9 Å². The van der Waals surface area contributed by atoms with Crippen LogP contribution in [0.3, 0.4) is 0 Å². The maximum absolute atomic E-state index is 13.2. The lowest BCUT2D eigenvalue weighted by Gasteiger charge is -2.38. The number of alkyl halides is 3. The molecule has 3 aromatic rings. The SMILES string of the molecule is O=C(O)C(F)(F)F.O=c1c(-c2ccc(F)cc2)nnc2n1CCC21CCN(Cc2cccnc2)CC1. The van der Waals surface area contributed by atoms with Gasteiger partial charge in [0.25, 0.3) is 5.56 Å². The van der Waals surface area contributed by atoms with E-state index < -0.39 is 12.1 Å². The summed E-state index contributed by atoms with van der Waals surface area (Å²) in [4.78, 5) is 28.6. The molecule has 190 valence electrons. The number of likely N-dealkylation sites (tertiary alicyclic amines) is 1. The van der Waals surface area contributed by atoms with Crippen molar-refractivity contribution in [2.24, 2.45) is 0 Å². The second kappa shape index (κ2) is 10.1. The number of carboxylic acid groups (broad SMARTS) is 1. The van der Waals surface area contributed by atoms with Crippen LogP contribution in [0.5, 0.6) is 0 Å². The largest absolute Gasteiger partial charge is 0.490 e. The highest BCUT2D eigenvalue weighted by Crippen LogP contribution is 2.41. The van der Waals surface area contributed by atoms with Crippen LogP contribution in [0.1, 0.15) is 30.7 Å². The van der Waals surface area contributed by atoms with Gasteiger partial charge in [-0.05, 0) is 68.2 Å². The molecule has 1 spiro atoms. The molecular formula is C24H23F4N5O3. The highest BCUT2D eigenvalue weighted by Gasteiger charge is 2.44. The van der Waals surface area contributed by atoms with E-state index in [0.717, 1.165) is 44.7 Å². The van der Waals surface area contributed by atoms with Crippen molar-refractivity contribution in [2.75, 3.05) is 13.1 Å². The van der Waals surface area contributed by atoms with Crippen LogP contribution in [0, 0.1) is 5.82 Å². The molecule has 0 aliphatic carbocycles. The van der Waals surface area contributed by atoms with E-state index in [2.05, 4.69) is 26.1 Å². The molecule has 1 fully saturated rings. The monoisotopic (exact) mass is 505 g/mol. The van der Waals surface area contributed by atoms with Gasteiger partial charge in [0, 0.05) is 36.5 Å². The molecule has 0 radical (unpaired) electrons. The zero-order chi connectivity index (χ0) is 25.9.